The Morgan fingerprint density at radius 2 is 2.62 bits per heavy atom. The molecule has 16 heavy (non-hydrogen) atoms. The number of imidazole rings is 1. The molecule has 88 valence electrons. The third kappa shape index (κ3) is 1.81. The monoisotopic (exact) mass is 226 g/mol. The highest BCUT2D eigenvalue weighted by molar-refractivity contribution is 5.87. The van der Waals surface area contributed by atoms with Gasteiger partial charge in [-0.05, 0) is 6.92 Å². The van der Waals surface area contributed by atoms with Crippen molar-refractivity contribution in [3.8, 4) is 0 Å². The highest BCUT2D eigenvalue weighted by Gasteiger charge is 2.26. The molecule has 0 saturated heterocycles. The molecule has 1 aliphatic heterocycles. The van der Waals surface area contributed by atoms with E-state index >= 15 is 0 Å². The molecule has 1 aromatic rings. The second kappa shape index (κ2) is 4.63. The van der Waals surface area contributed by atoms with E-state index in [1.54, 1.807) is 11.5 Å². The third-order valence-electron chi connectivity index (χ3n) is 2.48. The van der Waals surface area contributed by atoms with Crippen LogP contribution in [0.2, 0.25) is 0 Å². The third-order valence-corrected chi connectivity index (χ3v) is 2.48. The van der Waals surface area contributed by atoms with E-state index in [1.165, 1.54) is 6.20 Å². The largest absolute Gasteiger partial charge is 0.461 e. The van der Waals surface area contributed by atoms with Gasteiger partial charge in [0.25, 0.3) is 0 Å². The van der Waals surface area contributed by atoms with E-state index < -0.39 is 5.97 Å². The number of ether oxygens (including phenoxy) is 2. The lowest BCUT2D eigenvalue weighted by atomic mass is 10.2. The Bertz CT molecular complexity index is 388. The number of carbonyl (C=O) groups excluding carboxylic acids is 1. The van der Waals surface area contributed by atoms with Crippen LogP contribution in [0, 0.1) is 0 Å². The molecule has 0 saturated carbocycles. The molecule has 0 radical (unpaired) electrons. The van der Waals surface area contributed by atoms with Crippen LogP contribution >= 0.6 is 0 Å². The fraction of sp³-hybridized carbons (Fsp3) is 0.600. The molecule has 6 heteroatoms. The number of hydrogen-bond donors (Lipinski definition) is 1. The van der Waals surface area contributed by atoms with Gasteiger partial charge in [-0.2, -0.15) is 0 Å². The van der Waals surface area contributed by atoms with Crippen molar-refractivity contribution < 1.29 is 19.4 Å². The summed E-state index contributed by atoms with van der Waals surface area (Å²) in [6.07, 6.45) is 1.46. The summed E-state index contributed by atoms with van der Waals surface area (Å²) in [7, 11) is 0. The van der Waals surface area contributed by atoms with Crippen molar-refractivity contribution in [3.63, 3.8) is 0 Å². The molecule has 2 rings (SSSR count). The minimum absolute atomic E-state index is 0.0875. The zero-order valence-electron chi connectivity index (χ0n) is 9.05. The van der Waals surface area contributed by atoms with Gasteiger partial charge in [-0.15, -0.1) is 0 Å². The zero-order valence-corrected chi connectivity index (χ0v) is 9.05. The first kappa shape index (κ1) is 11.1. The fourth-order valence-electron chi connectivity index (χ4n) is 1.76. The lowest BCUT2D eigenvalue weighted by Crippen LogP contribution is -2.29. The number of rotatable bonds is 3. The van der Waals surface area contributed by atoms with Crippen LogP contribution in [0.15, 0.2) is 6.20 Å². The average Bonchev–Trinajstić information content (AvgIpc) is 2.72. The van der Waals surface area contributed by atoms with E-state index in [4.69, 9.17) is 9.47 Å². The van der Waals surface area contributed by atoms with Crippen LogP contribution in [0.25, 0.3) is 0 Å². The molecule has 1 aromatic heterocycles. The summed E-state index contributed by atoms with van der Waals surface area (Å²) in [6.45, 7) is 2.72. The Labute approximate surface area is 92.8 Å². The van der Waals surface area contributed by atoms with E-state index in [-0.39, 0.29) is 12.6 Å². The van der Waals surface area contributed by atoms with Crippen LogP contribution in [-0.4, -0.2) is 40.4 Å². The van der Waals surface area contributed by atoms with Gasteiger partial charge in [0, 0.05) is 0 Å². The second-order valence-electron chi connectivity index (χ2n) is 3.50. The zero-order chi connectivity index (χ0) is 11.5. The standard InChI is InChI=1S/C10H14N2O4/c1-2-16-10(14)8-3-11-9-6-15-5-7(4-13)12(8)9/h3,7,13H,2,4-6H2,1H3. The Morgan fingerprint density at radius 3 is 3.31 bits per heavy atom. The van der Waals surface area contributed by atoms with Crippen LogP contribution in [0.3, 0.4) is 0 Å². The molecule has 1 aliphatic rings. The van der Waals surface area contributed by atoms with E-state index in [2.05, 4.69) is 4.98 Å². The van der Waals surface area contributed by atoms with E-state index in [0.29, 0.717) is 31.3 Å². The van der Waals surface area contributed by atoms with Gasteiger partial charge in [-0.3, -0.25) is 0 Å². The minimum atomic E-state index is -0.415. The quantitative estimate of drug-likeness (QED) is 0.741. The molecule has 0 aromatic carbocycles. The van der Waals surface area contributed by atoms with Gasteiger partial charge in [0.05, 0.1) is 32.1 Å². The Morgan fingerprint density at radius 1 is 1.81 bits per heavy atom. The first-order valence-electron chi connectivity index (χ1n) is 5.19. The van der Waals surface area contributed by atoms with Crippen molar-refractivity contribution >= 4 is 5.97 Å². The van der Waals surface area contributed by atoms with Crippen LogP contribution in [-0.2, 0) is 16.1 Å². The maximum Gasteiger partial charge on any atom is 0.356 e. The first-order valence-corrected chi connectivity index (χ1v) is 5.19. The molecule has 2 heterocycles. The van der Waals surface area contributed by atoms with Crippen molar-refractivity contribution in [2.45, 2.75) is 19.6 Å². The summed E-state index contributed by atoms with van der Waals surface area (Å²) >= 11 is 0. The molecule has 1 N–H and O–H groups in total. The van der Waals surface area contributed by atoms with Gasteiger partial charge >= 0.3 is 5.97 Å². The smallest absolute Gasteiger partial charge is 0.356 e. The predicted octanol–water partition coefficient (Wildman–Crippen LogP) is 0.123. The second-order valence-corrected chi connectivity index (χ2v) is 3.50. The van der Waals surface area contributed by atoms with Crippen molar-refractivity contribution in [3.05, 3.63) is 17.7 Å². The van der Waals surface area contributed by atoms with Gasteiger partial charge in [-0.25, -0.2) is 9.78 Å². The van der Waals surface area contributed by atoms with E-state index in [9.17, 15) is 9.90 Å². The number of aromatic nitrogens is 2. The summed E-state index contributed by atoms with van der Waals surface area (Å²) in [4.78, 5) is 15.7. The highest BCUT2D eigenvalue weighted by atomic mass is 16.5. The van der Waals surface area contributed by atoms with Crippen molar-refractivity contribution in [2.75, 3.05) is 19.8 Å². The molecule has 0 spiro atoms. The summed E-state index contributed by atoms with van der Waals surface area (Å²) in [6, 6.07) is -0.259. The first-order chi connectivity index (χ1) is 7.77. The molecular formula is C10H14N2O4. The molecule has 0 bridgehead atoms. The summed E-state index contributed by atoms with van der Waals surface area (Å²) in [5, 5.41) is 9.21. The number of carbonyl (C=O) groups is 1. The molecular weight excluding hydrogens is 212 g/mol. The highest BCUT2D eigenvalue weighted by Crippen LogP contribution is 2.21. The van der Waals surface area contributed by atoms with Crippen molar-refractivity contribution in [1.29, 1.82) is 0 Å². The van der Waals surface area contributed by atoms with Crippen molar-refractivity contribution in [2.24, 2.45) is 0 Å². The maximum absolute atomic E-state index is 11.6. The SMILES string of the molecule is CCOC(=O)c1cnc2n1C(CO)COC2. The molecule has 1 unspecified atom stereocenters. The molecule has 6 nitrogen and oxygen atoms in total. The van der Waals surface area contributed by atoms with Crippen LogP contribution < -0.4 is 0 Å². The lowest BCUT2D eigenvalue weighted by Gasteiger charge is -2.25. The van der Waals surface area contributed by atoms with Crippen LogP contribution in [0.5, 0.6) is 0 Å². The number of esters is 1. The Hall–Kier alpha value is -1.40. The summed E-state index contributed by atoms with van der Waals surface area (Å²) in [5.41, 5.74) is 0.374. The fourth-order valence-corrected chi connectivity index (χ4v) is 1.76. The normalized spacial score (nSPS) is 19.2. The minimum Gasteiger partial charge on any atom is -0.461 e. The van der Waals surface area contributed by atoms with E-state index in [1.807, 2.05) is 0 Å². The number of hydrogen-bond acceptors (Lipinski definition) is 5. The average molecular weight is 226 g/mol. The molecule has 0 fully saturated rings. The van der Waals surface area contributed by atoms with E-state index in [0.717, 1.165) is 0 Å². The number of fused-ring (bicyclic) bond motifs is 1. The number of aliphatic hydroxyl groups excluding tert-OH is 1. The summed E-state index contributed by atoms with van der Waals surface area (Å²) in [5.74, 6) is 0.231. The van der Waals surface area contributed by atoms with Crippen molar-refractivity contribution in [1.82, 2.24) is 9.55 Å². The lowest BCUT2D eigenvalue weighted by molar-refractivity contribution is 0.0283. The number of nitrogens with zero attached hydrogens (tertiary/aromatic N) is 2. The Kier molecular flexibility index (Phi) is 3.21. The molecule has 0 aliphatic carbocycles. The predicted molar refractivity (Wildman–Crippen MR) is 54.0 cm³/mol. The molecule has 0 amide bonds. The van der Waals surface area contributed by atoms with Gasteiger partial charge in [-0.1, -0.05) is 0 Å². The van der Waals surface area contributed by atoms with Gasteiger partial charge in [0.1, 0.15) is 18.1 Å². The topological polar surface area (TPSA) is 73.6 Å². The van der Waals surface area contributed by atoms with Gasteiger partial charge in [0.15, 0.2) is 0 Å². The number of aliphatic hydroxyl groups is 1. The maximum atomic E-state index is 11.6. The van der Waals surface area contributed by atoms with Crippen LogP contribution in [0.4, 0.5) is 0 Å². The Balaban J connectivity index is 2.33. The van der Waals surface area contributed by atoms with Gasteiger partial charge < -0.3 is 19.1 Å². The summed E-state index contributed by atoms with van der Waals surface area (Å²) < 4.78 is 11.9. The van der Waals surface area contributed by atoms with Crippen LogP contribution in [0.1, 0.15) is 29.3 Å². The van der Waals surface area contributed by atoms with Gasteiger partial charge in [0.2, 0.25) is 0 Å². The molecule has 1 atom stereocenters.